The summed E-state index contributed by atoms with van der Waals surface area (Å²) < 4.78 is 33.3. The van der Waals surface area contributed by atoms with Gasteiger partial charge in [-0.05, 0) is 6.07 Å². The summed E-state index contributed by atoms with van der Waals surface area (Å²) in [7, 11) is 0. The van der Waals surface area contributed by atoms with Crippen molar-refractivity contribution in [2.45, 2.75) is 26.4 Å². The molecule has 18 heavy (non-hydrogen) atoms. The fourth-order valence-electron chi connectivity index (χ4n) is 1.29. The van der Waals surface area contributed by atoms with E-state index >= 15 is 0 Å². The van der Waals surface area contributed by atoms with Gasteiger partial charge in [-0.2, -0.15) is 13.8 Å². The molecular formula is C11H11F2N3O2. The smallest absolute Gasteiger partial charge is 0.388 e. The molecule has 2 aromatic heterocycles. The molecule has 0 unspecified atom stereocenters. The van der Waals surface area contributed by atoms with Crippen molar-refractivity contribution in [3.05, 3.63) is 24.2 Å². The minimum absolute atomic E-state index is 0.102. The lowest BCUT2D eigenvalue weighted by atomic mass is 10.2. The van der Waals surface area contributed by atoms with Crippen molar-refractivity contribution in [2.75, 3.05) is 0 Å². The highest BCUT2D eigenvalue weighted by atomic mass is 19.3. The van der Waals surface area contributed by atoms with Gasteiger partial charge in [0.1, 0.15) is 0 Å². The number of halogens is 2. The third kappa shape index (κ3) is 2.79. The first-order valence-corrected chi connectivity index (χ1v) is 5.31. The van der Waals surface area contributed by atoms with Crippen LogP contribution >= 0.6 is 0 Å². The number of hydrogen-bond acceptors (Lipinski definition) is 5. The van der Waals surface area contributed by atoms with Gasteiger partial charge in [0.25, 0.3) is 0 Å². The van der Waals surface area contributed by atoms with E-state index in [-0.39, 0.29) is 11.8 Å². The summed E-state index contributed by atoms with van der Waals surface area (Å²) in [4.78, 5) is 7.81. The summed E-state index contributed by atoms with van der Waals surface area (Å²) in [6.07, 6.45) is 1.35. The molecule has 2 rings (SSSR count). The second-order valence-electron chi connectivity index (χ2n) is 3.87. The van der Waals surface area contributed by atoms with E-state index in [1.807, 2.05) is 13.8 Å². The summed E-state index contributed by atoms with van der Waals surface area (Å²) >= 11 is 0. The largest absolute Gasteiger partial charge is 0.417 e. The number of alkyl halides is 2. The Bertz CT molecular complexity index is 529. The Hall–Kier alpha value is -2.05. The molecule has 0 N–H and O–H groups in total. The molecule has 0 saturated heterocycles. The molecule has 5 nitrogen and oxygen atoms in total. The number of hydrogen-bond donors (Lipinski definition) is 0. The minimum Gasteiger partial charge on any atom is -0.417 e. The number of nitrogens with zero attached hydrogens (tertiary/aromatic N) is 3. The lowest BCUT2D eigenvalue weighted by Gasteiger charge is -2.03. The predicted molar refractivity (Wildman–Crippen MR) is 58.3 cm³/mol. The SMILES string of the molecule is CC(C)c1nc(-c2ccnc(OC(F)F)c2)no1. The predicted octanol–water partition coefficient (Wildman–Crippen LogP) is 2.86. The molecule has 2 heterocycles. The summed E-state index contributed by atoms with van der Waals surface area (Å²) in [6, 6.07) is 2.93. The number of rotatable bonds is 4. The Morgan fingerprint density at radius 2 is 2.11 bits per heavy atom. The lowest BCUT2D eigenvalue weighted by molar-refractivity contribution is -0.0528. The van der Waals surface area contributed by atoms with Crippen LogP contribution in [0.1, 0.15) is 25.7 Å². The first-order valence-electron chi connectivity index (χ1n) is 5.31. The fourth-order valence-corrected chi connectivity index (χ4v) is 1.29. The molecule has 0 fully saturated rings. The van der Waals surface area contributed by atoms with Crippen molar-refractivity contribution in [1.29, 1.82) is 0 Å². The zero-order chi connectivity index (χ0) is 13.1. The Balaban J connectivity index is 2.26. The van der Waals surface area contributed by atoms with Crippen LogP contribution in [-0.2, 0) is 0 Å². The second-order valence-corrected chi connectivity index (χ2v) is 3.87. The third-order valence-corrected chi connectivity index (χ3v) is 2.14. The van der Waals surface area contributed by atoms with Crippen molar-refractivity contribution in [1.82, 2.24) is 15.1 Å². The highest BCUT2D eigenvalue weighted by Gasteiger charge is 2.13. The molecule has 0 atom stereocenters. The van der Waals surface area contributed by atoms with Gasteiger partial charge in [-0.15, -0.1) is 0 Å². The van der Waals surface area contributed by atoms with Crippen LogP contribution < -0.4 is 4.74 Å². The lowest BCUT2D eigenvalue weighted by Crippen LogP contribution is -2.03. The molecule has 2 aromatic rings. The summed E-state index contributed by atoms with van der Waals surface area (Å²) in [6.45, 7) is 0.911. The van der Waals surface area contributed by atoms with Crippen LogP contribution in [0.4, 0.5) is 8.78 Å². The van der Waals surface area contributed by atoms with E-state index in [1.165, 1.54) is 12.3 Å². The Morgan fingerprint density at radius 3 is 2.72 bits per heavy atom. The van der Waals surface area contributed by atoms with Crippen LogP contribution in [0.25, 0.3) is 11.4 Å². The van der Waals surface area contributed by atoms with Gasteiger partial charge >= 0.3 is 6.61 Å². The Kier molecular flexibility index (Phi) is 3.50. The Labute approximate surface area is 102 Å². The summed E-state index contributed by atoms with van der Waals surface area (Å²) in [5.41, 5.74) is 0.510. The van der Waals surface area contributed by atoms with Gasteiger partial charge in [0.2, 0.25) is 17.6 Å². The average Bonchev–Trinajstić information content (AvgIpc) is 2.77. The first kappa shape index (κ1) is 12.4. The monoisotopic (exact) mass is 255 g/mol. The average molecular weight is 255 g/mol. The number of pyridine rings is 1. The van der Waals surface area contributed by atoms with Gasteiger partial charge in [-0.3, -0.25) is 0 Å². The maximum absolute atomic E-state index is 12.1. The topological polar surface area (TPSA) is 61.0 Å². The van der Waals surface area contributed by atoms with E-state index < -0.39 is 6.61 Å². The quantitative estimate of drug-likeness (QED) is 0.840. The maximum atomic E-state index is 12.1. The van der Waals surface area contributed by atoms with Crippen LogP contribution in [0, 0.1) is 0 Å². The molecule has 0 aliphatic heterocycles. The van der Waals surface area contributed by atoms with E-state index in [4.69, 9.17) is 4.52 Å². The molecule has 0 saturated carbocycles. The highest BCUT2D eigenvalue weighted by molar-refractivity contribution is 5.55. The van der Waals surface area contributed by atoms with Gasteiger partial charge in [0, 0.05) is 23.7 Å². The molecule has 0 aliphatic rings. The van der Waals surface area contributed by atoms with Gasteiger partial charge < -0.3 is 9.26 Å². The van der Waals surface area contributed by atoms with Gasteiger partial charge in [-0.1, -0.05) is 19.0 Å². The van der Waals surface area contributed by atoms with E-state index in [0.29, 0.717) is 17.3 Å². The van der Waals surface area contributed by atoms with Crippen LogP contribution in [0.2, 0.25) is 0 Å². The minimum atomic E-state index is -2.91. The van der Waals surface area contributed by atoms with Crippen molar-refractivity contribution in [2.24, 2.45) is 0 Å². The third-order valence-electron chi connectivity index (χ3n) is 2.14. The zero-order valence-electron chi connectivity index (χ0n) is 9.80. The van der Waals surface area contributed by atoms with Crippen molar-refractivity contribution in [3.63, 3.8) is 0 Å². The van der Waals surface area contributed by atoms with Gasteiger partial charge in [0.15, 0.2) is 0 Å². The molecular weight excluding hydrogens is 244 g/mol. The standard InChI is InChI=1S/C11H11F2N3O2/c1-6(2)10-15-9(16-18-10)7-3-4-14-8(5-7)17-11(12)13/h3-6,11H,1-2H3. The Morgan fingerprint density at radius 1 is 1.33 bits per heavy atom. The van der Waals surface area contributed by atoms with E-state index in [9.17, 15) is 8.78 Å². The van der Waals surface area contributed by atoms with E-state index in [1.54, 1.807) is 6.07 Å². The number of ether oxygens (including phenoxy) is 1. The van der Waals surface area contributed by atoms with Crippen molar-refractivity contribution in [3.8, 4) is 17.3 Å². The molecule has 0 bridgehead atoms. The highest BCUT2D eigenvalue weighted by Crippen LogP contribution is 2.22. The molecule has 0 aromatic carbocycles. The van der Waals surface area contributed by atoms with Crippen molar-refractivity contribution < 1.29 is 18.0 Å². The van der Waals surface area contributed by atoms with Crippen LogP contribution in [-0.4, -0.2) is 21.7 Å². The molecule has 0 amide bonds. The van der Waals surface area contributed by atoms with E-state index in [0.717, 1.165) is 0 Å². The summed E-state index contributed by atoms with van der Waals surface area (Å²) in [5, 5.41) is 3.77. The first-order chi connectivity index (χ1) is 8.56. The normalized spacial score (nSPS) is 11.2. The zero-order valence-corrected chi connectivity index (χ0v) is 9.80. The van der Waals surface area contributed by atoms with Gasteiger partial charge in [-0.25, -0.2) is 4.98 Å². The van der Waals surface area contributed by atoms with Gasteiger partial charge in [0.05, 0.1) is 0 Å². The number of aromatic nitrogens is 3. The van der Waals surface area contributed by atoms with Crippen LogP contribution in [0.3, 0.4) is 0 Å². The summed E-state index contributed by atoms with van der Waals surface area (Å²) in [5.74, 6) is 0.724. The van der Waals surface area contributed by atoms with Crippen molar-refractivity contribution >= 4 is 0 Å². The molecule has 96 valence electrons. The second kappa shape index (κ2) is 5.07. The molecule has 0 radical (unpaired) electrons. The molecule has 0 aliphatic carbocycles. The van der Waals surface area contributed by atoms with E-state index in [2.05, 4.69) is 19.9 Å². The maximum Gasteiger partial charge on any atom is 0.388 e. The van der Waals surface area contributed by atoms with Crippen LogP contribution in [0.5, 0.6) is 5.88 Å². The fraction of sp³-hybridized carbons (Fsp3) is 0.364. The molecule has 0 spiro atoms. The van der Waals surface area contributed by atoms with Crippen LogP contribution in [0.15, 0.2) is 22.9 Å². The molecule has 7 heteroatoms.